The van der Waals surface area contributed by atoms with Gasteiger partial charge in [-0.05, 0) is 55.4 Å². The summed E-state index contributed by atoms with van der Waals surface area (Å²) in [7, 11) is 0. The van der Waals surface area contributed by atoms with Crippen molar-refractivity contribution in [2.45, 2.75) is 37.9 Å². The topological polar surface area (TPSA) is 73.2 Å². The van der Waals surface area contributed by atoms with Crippen LogP contribution in [-0.4, -0.2) is 77.5 Å². The first-order chi connectivity index (χ1) is 12.5. The number of rotatable bonds is 3. The highest BCUT2D eigenvalue weighted by molar-refractivity contribution is 5.94. The van der Waals surface area contributed by atoms with Gasteiger partial charge in [-0.1, -0.05) is 0 Å². The summed E-state index contributed by atoms with van der Waals surface area (Å²) < 4.78 is 6.08. The molecule has 26 heavy (non-hydrogen) atoms. The van der Waals surface area contributed by atoms with E-state index in [0.29, 0.717) is 5.56 Å². The van der Waals surface area contributed by atoms with E-state index in [1.165, 1.54) is 0 Å². The molecule has 1 amide bonds. The van der Waals surface area contributed by atoms with Gasteiger partial charge in [-0.2, -0.15) is 0 Å². The zero-order chi connectivity index (χ0) is 18.1. The molecule has 0 aliphatic carbocycles. The lowest BCUT2D eigenvalue weighted by Gasteiger charge is -2.38. The first-order valence-corrected chi connectivity index (χ1v) is 9.63. The summed E-state index contributed by atoms with van der Waals surface area (Å²) in [5.74, 6) is 0.222. The Labute approximate surface area is 154 Å². The summed E-state index contributed by atoms with van der Waals surface area (Å²) in [6, 6.07) is 6.48. The number of carbonyl (C=O) groups is 1. The molecular formula is C20H28N2O4. The highest BCUT2D eigenvalue weighted by atomic mass is 16.5. The van der Waals surface area contributed by atoms with Crippen molar-refractivity contribution in [2.75, 3.05) is 39.3 Å². The van der Waals surface area contributed by atoms with Crippen LogP contribution in [0.15, 0.2) is 24.3 Å². The normalized spacial score (nSPS) is 28.7. The number of likely N-dealkylation sites (tertiary alicyclic amines) is 2. The van der Waals surface area contributed by atoms with Gasteiger partial charge in [0.1, 0.15) is 5.75 Å². The quantitative estimate of drug-likeness (QED) is 0.854. The molecule has 2 atom stereocenters. The Morgan fingerprint density at radius 2 is 1.92 bits per heavy atom. The van der Waals surface area contributed by atoms with Crippen molar-refractivity contribution in [3.05, 3.63) is 29.8 Å². The molecule has 0 radical (unpaired) electrons. The van der Waals surface area contributed by atoms with E-state index < -0.39 is 0 Å². The summed E-state index contributed by atoms with van der Waals surface area (Å²) >= 11 is 0. The summed E-state index contributed by atoms with van der Waals surface area (Å²) in [4.78, 5) is 16.8. The molecule has 3 aliphatic heterocycles. The number of β-amino-alcohol motifs (C(OH)–C–C–N with tert-alkyl or cyclic N) is 1. The second kappa shape index (κ2) is 7.18. The van der Waals surface area contributed by atoms with Crippen molar-refractivity contribution in [3.63, 3.8) is 0 Å². The van der Waals surface area contributed by atoms with Crippen molar-refractivity contribution in [1.82, 2.24) is 9.80 Å². The molecule has 1 aromatic rings. The number of hydrogen-bond acceptors (Lipinski definition) is 5. The second-order valence-corrected chi connectivity index (χ2v) is 8.18. The predicted molar refractivity (Wildman–Crippen MR) is 97.1 cm³/mol. The Bertz CT molecular complexity index is 640. The van der Waals surface area contributed by atoms with Crippen LogP contribution in [0.4, 0.5) is 0 Å². The molecular weight excluding hydrogens is 332 g/mol. The summed E-state index contributed by atoms with van der Waals surface area (Å²) in [5.41, 5.74) is 0.834. The fourth-order valence-corrected chi connectivity index (χ4v) is 4.60. The SMILES string of the molecule is O=C(c1ccc(O)cc1)N1CCC2(CC1)CO[C@@H](CN1CC[C@H](O)C1)C2. The summed E-state index contributed by atoms with van der Waals surface area (Å²) in [6.07, 6.45) is 3.96. The van der Waals surface area contributed by atoms with Crippen molar-refractivity contribution in [1.29, 1.82) is 0 Å². The van der Waals surface area contributed by atoms with Gasteiger partial charge in [-0.25, -0.2) is 0 Å². The van der Waals surface area contributed by atoms with E-state index in [4.69, 9.17) is 4.74 Å². The van der Waals surface area contributed by atoms with Gasteiger partial charge in [0.15, 0.2) is 0 Å². The highest BCUT2D eigenvalue weighted by Crippen LogP contribution is 2.42. The fraction of sp³-hybridized carbons (Fsp3) is 0.650. The van der Waals surface area contributed by atoms with Crippen molar-refractivity contribution in [2.24, 2.45) is 5.41 Å². The number of phenols is 1. The van der Waals surface area contributed by atoms with Crippen LogP contribution in [-0.2, 0) is 4.74 Å². The van der Waals surface area contributed by atoms with Gasteiger partial charge in [0, 0.05) is 38.3 Å². The number of aromatic hydroxyl groups is 1. The number of aliphatic hydroxyl groups is 1. The van der Waals surface area contributed by atoms with Gasteiger partial charge in [-0.15, -0.1) is 0 Å². The Balaban J connectivity index is 1.29. The predicted octanol–water partition coefficient (Wildman–Crippen LogP) is 1.47. The maximum atomic E-state index is 12.6. The number of carbonyl (C=O) groups excluding carboxylic acids is 1. The third-order valence-electron chi connectivity index (χ3n) is 6.22. The molecule has 3 fully saturated rings. The molecule has 3 aliphatic rings. The number of phenolic OH excluding ortho intramolecular Hbond substituents is 1. The van der Waals surface area contributed by atoms with Crippen molar-refractivity contribution < 1.29 is 19.7 Å². The van der Waals surface area contributed by atoms with Gasteiger partial charge in [-0.3, -0.25) is 9.69 Å². The lowest BCUT2D eigenvalue weighted by atomic mass is 9.76. The van der Waals surface area contributed by atoms with Gasteiger partial charge in [0.05, 0.1) is 18.8 Å². The van der Waals surface area contributed by atoms with E-state index in [2.05, 4.69) is 4.90 Å². The number of hydrogen-bond donors (Lipinski definition) is 2. The molecule has 6 heteroatoms. The van der Waals surface area contributed by atoms with Crippen LogP contribution < -0.4 is 0 Å². The van der Waals surface area contributed by atoms with Crippen molar-refractivity contribution >= 4 is 5.91 Å². The number of amides is 1. The molecule has 6 nitrogen and oxygen atoms in total. The van der Waals surface area contributed by atoms with E-state index in [1.807, 2.05) is 4.90 Å². The fourth-order valence-electron chi connectivity index (χ4n) is 4.60. The van der Waals surface area contributed by atoms with Gasteiger partial charge >= 0.3 is 0 Å². The lowest BCUT2D eigenvalue weighted by Crippen LogP contribution is -2.43. The van der Waals surface area contributed by atoms with Gasteiger partial charge < -0.3 is 19.8 Å². The maximum Gasteiger partial charge on any atom is 0.253 e. The van der Waals surface area contributed by atoms with Gasteiger partial charge in [0.25, 0.3) is 5.91 Å². The van der Waals surface area contributed by atoms with Gasteiger partial charge in [0.2, 0.25) is 0 Å². The van der Waals surface area contributed by atoms with Crippen molar-refractivity contribution in [3.8, 4) is 5.75 Å². The molecule has 1 spiro atoms. The summed E-state index contributed by atoms with van der Waals surface area (Å²) in [6.45, 7) is 4.95. The maximum absolute atomic E-state index is 12.6. The van der Waals surface area contributed by atoms with E-state index in [-0.39, 0.29) is 29.3 Å². The molecule has 0 saturated carbocycles. The van der Waals surface area contributed by atoms with Crippen LogP contribution in [0.2, 0.25) is 0 Å². The molecule has 142 valence electrons. The molecule has 4 rings (SSSR count). The van der Waals surface area contributed by atoms with Crippen LogP contribution >= 0.6 is 0 Å². The average molecular weight is 360 g/mol. The number of aliphatic hydroxyl groups excluding tert-OH is 1. The number of nitrogens with zero attached hydrogens (tertiary/aromatic N) is 2. The minimum atomic E-state index is -0.181. The minimum absolute atomic E-state index is 0.0429. The Hall–Kier alpha value is -1.63. The molecule has 1 aromatic carbocycles. The van der Waals surface area contributed by atoms with Crippen LogP contribution in [0.1, 0.15) is 36.0 Å². The first-order valence-electron chi connectivity index (χ1n) is 9.63. The third-order valence-corrected chi connectivity index (χ3v) is 6.22. The Morgan fingerprint density at radius 3 is 2.58 bits per heavy atom. The van der Waals surface area contributed by atoms with E-state index in [0.717, 1.165) is 65.0 Å². The van der Waals surface area contributed by atoms with Crippen LogP contribution in [0.5, 0.6) is 5.75 Å². The molecule has 3 heterocycles. The lowest BCUT2D eigenvalue weighted by molar-refractivity contribution is 0.0451. The zero-order valence-corrected chi connectivity index (χ0v) is 15.1. The number of piperidine rings is 1. The average Bonchev–Trinajstić information content (AvgIpc) is 3.22. The first kappa shape index (κ1) is 17.8. The van der Waals surface area contributed by atoms with E-state index in [9.17, 15) is 15.0 Å². The standard InChI is InChI=1S/C20H28N2O4/c23-16-3-1-15(2-4-16)19(25)22-9-6-20(7-10-22)11-18(26-14-20)13-21-8-5-17(24)12-21/h1-4,17-18,23-24H,5-14H2/t17-,18+/m0/s1. The minimum Gasteiger partial charge on any atom is -0.508 e. The molecule has 0 bridgehead atoms. The summed E-state index contributed by atoms with van der Waals surface area (Å²) in [5, 5.41) is 19.0. The number of ether oxygens (including phenoxy) is 1. The highest BCUT2D eigenvalue weighted by Gasteiger charge is 2.43. The molecule has 2 N–H and O–H groups in total. The number of benzene rings is 1. The molecule has 0 unspecified atom stereocenters. The van der Waals surface area contributed by atoms with Crippen LogP contribution in [0.3, 0.4) is 0 Å². The Morgan fingerprint density at radius 1 is 1.19 bits per heavy atom. The largest absolute Gasteiger partial charge is 0.508 e. The smallest absolute Gasteiger partial charge is 0.253 e. The second-order valence-electron chi connectivity index (χ2n) is 8.18. The zero-order valence-electron chi connectivity index (χ0n) is 15.1. The molecule has 0 aromatic heterocycles. The third kappa shape index (κ3) is 3.72. The van der Waals surface area contributed by atoms with E-state index in [1.54, 1.807) is 24.3 Å². The Kier molecular flexibility index (Phi) is 4.90. The van der Waals surface area contributed by atoms with E-state index >= 15 is 0 Å². The van der Waals surface area contributed by atoms with Crippen LogP contribution in [0, 0.1) is 5.41 Å². The molecule has 3 saturated heterocycles. The van der Waals surface area contributed by atoms with Crippen LogP contribution in [0.25, 0.3) is 0 Å². The monoisotopic (exact) mass is 360 g/mol.